The number of hydrogen-bond acceptors (Lipinski definition) is 3. The molecule has 7 fully saturated rings. The highest BCUT2D eigenvalue weighted by Gasteiger charge is 2.84. The van der Waals surface area contributed by atoms with Crippen LogP contribution in [0.2, 0.25) is 0 Å². The second-order valence-corrected chi connectivity index (χ2v) is 9.24. The summed E-state index contributed by atoms with van der Waals surface area (Å²) < 4.78 is 13.6. The minimum atomic E-state index is -0.868. The summed E-state index contributed by atoms with van der Waals surface area (Å²) in [5.74, 6) is 0.275. The highest BCUT2D eigenvalue weighted by Crippen LogP contribution is 2.78. The van der Waals surface area contributed by atoms with Crippen LogP contribution in [0.5, 0.6) is 0 Å². The topological polar surface area (TPSA) is 38.7 Å². The van der Waals surface area contributed by atoms with Crippen molar-refractivity contribution < 1.29 is 14.6 Å². The van der Waals surface area contributed by atoms with Gasteiger partial charge < -0.3 is 14.6 Å². The summed E-state index contributed by atoms with van der Waals surface area (Å²) >= 11 is 0. The minimum Gasteiger partial charge on any atom is -0.365 e. The summed E-state index contributed by atoms with van der Waals surface area (Å²) in [6.07, 6.45) is 14.5. The van der Waals surface area contributed by atoms with Crippen molar-refractivity contribution in [3.05, 3.63) is 0 Å². The lowest BCUT2D eigenvalue weighted by Gasteiger charge is -2.75. The van der Waals surface area contributed by atoms with E-state index in [2.05, 4.69) is 0 Å². The van der Waals surface area contributed by atoms with Gasteiger partial charge in [0.2, 0.25) is 0 Å². The van der Waals surface area contributed by atoms with Crippen molar-refractivity contribution in [2.45, 2.75) is 94.2 Å². The molecule has 7 aliphatic rings. The molecular formula is C19H28O3. The lowest BCUT2D eigenvalue weighted by molar-refractivity contribution is -0.548. The number of aliphatic hydroxyl groups is 1. The van der Waals surface area contributed by atoms with E-state index in [4.69, 9.17) is 9.47 Å². The summed E-state index contributed by atoms with van der Waals surface area (Å²) in [7, 11) is 0. The van der Waals surface area contributed by atoms with Crippen molar-refractivity contribution >= 4 is 0 Å². The van der Waals surface area contributed by atoms with Gasteiger partial charge in [0.05, 0.1) is 11.0 Å². The fourth-order valence-corrected chi connectivity index (χ4v) is 8.04. The van der Waals surface area contributed by atoms with Gasteiger partial charge in [0.1, 0.15) is 0 Å². The number of rotatable bonds is 0. The highest BCUT2D eigenvalue weighted by molar-refractivity contribution is 5.27. The maximum atomic E-state index is 11.7. The molecule has 3 spiro atoms. The van der Waals surface area contributed by atoms with Gasteiger partial charge >= 0.3 is 0 Å². The van der Waals surface area contributed by atoms with Gasteiger partial charge in [-0.2, -0.15) is 0 Å². The predicted octanol–water partition coefficient (Wildman–Crippen LogP) is 3.74. The van der Waals surface area contributed by atoms with E-state index in [1.165, 1.54) is 51.4 Å². The molecular weight excluding hydrogens is 276 g/mol. The second kappa shape index (κ2) is 3.75. The van der Waals surface area contributed by atoms with Crippen molar-refractivity contribution in [2.75, 3.05) is 0 Å². The molecule has 4 aliphatic carbocycles. The molecule has 0 unspecified atom stereocenters. The fraction of sp³-hybridized carbons (Fsp3) is 1.00. The third-order valence-electron chi connectivity index (χ3n) is 8.78. The van der Waals surface area contributed by atoms with Gasteiger partial charge in [0.15, 0.2) is 11.6 Å². The first-order valence-corrected chi connectivity index (χ1v) is 9.77. The molecule has 3 nitrogen and oxygen atoms in total. The molecule has 5 bridgehead atoms. The Kier molecular flexibility index (Phi) is 2.25. The normalized spacial score (nSPS) is 65.0. The van der Waals surface area contributed by atoms with Gasteiger partial charge in [-0.15, -0.1) is 0 Å². The first-order chi connectivity index (χ1) is 10.6. The van der Waals surface area contributed by atoms with E-state index in [-0.39, 0.29) is 11.0 Å². The summed E-state index contributed by atoms with van der Waals surface area (Å²) in [5, 5.41) is 11.7. The molecule has 22 heavy (non-hydrogen) atoms. The van der Waals surface area contributed by atoms with Crippen LogP contribution in [-0.4, -0.2) is 22.3 Å². The Morgan fingerprint density at radius 1 is 0.773 bits per heavy atom. The molecule has 3 saturated heterocycles. The first kappa shape index (κ1) is 13.2. The summed E-state index contributed by atoms with van der Waals surface area (Å²) in [6.45, 7) is 0. The Morgan fingerprint density at radius 3 is 2.50 bits per heavy atom. The van der Waals surface area contributed by atoms with E-state index in [0.717, 1.165) is 25.7 Å². The first-order valence-electron chi connectivity index (χ1n) is 9.77. The zero-order valence-electron chi connectivity index (χ0n) is 13.5. The van der Waals surface area contributed by atoms with Gasteiger partial charge in [0, 0.05) is 18.3 Å². The lowest BCUT2D eigenvalue weighted by atomic mass is 9.46. The van der Waals surface area contributed by atoms with Crippen LogP contribution in [0, 0.1) is 23.2 Å². The molecule has 0 aromatic carbocycles. The van der Waals surface area contributed by atoms with E-state index in [9.17, 15) is 5.11 Å². The molecule has 122 valence electrons. The van der Waals surface area contributed by atoms with Crippen LogP contribution in [0.3, 0.4) is 0 Å². The van der Waals surface area contributed by atoms with E-state index in [1.807, 2.05) is 0 Å². The van der Waals surface area contributed by atoms with Crippen LogP contribution in [0.25, 0.3) is 0 Å². The molecule has 7 atom stereocenters. The fourth-order valence-electron chi connectivity index (χ4n) is 8.04. The van der Waals surface area contributed by atoms with Gasteiger partial charge in [-0.1, -0.05) is 19.3 Å². The smallest absolute Gasteiger partial charge is 0.180 e. The van der Waals surface area contributed by atoms with Crippen LogP contribution in [0.4, 0.5) is 0 Å². The molecule has 0 aromatic rings. The average molecular weight is 304 g/mol. The third-order valence-corrected chi connectivity index (χ3v) is 8.78. The van der Waals surface area contributed by atoms with E-state index in [0.29, 0.717) is 17.8 Å². The van der Waals surface area contributed by atoms with Crippen LogP contribution in [-0.2, 0) is 9.47 Å². The standard InChI is InChI=1S/C19H28O3/c20-19-14-7-10-16(19)12-15-6-2-4-9-18(15,22-19)21-17(16)8-3-1-5-13(17)11-14/h13-15,20H,1-12H2/t13-,14+,15-,16+,17+,18-,19-/m0/s1. The highest BCUT2D eigenvalue weighted by atomic mass is 16.8. The lowest BCUT2D eigenvalue weighted by Crippen LogP contribution is -2.82. The minimum absolute atomic E-state index is 0.0565. The van der Waals surface area contributed by atoms with E-state index >= 15 is 0 Å². The van der Waals surface area contributed by atoms with Crippen LogP contribution < -0.4 is 0 Å². The van der Waals surface area contributed by atoms with Crippen molar-refractivity contribution in [3.8, 4) is 0 Å². The Hall–Kier alpha value is -0.120. The summed E-state index contributed by atoms with van der Waals surface area (Å²) in [6, 6.07) is 0. The molecule has 3 aliphatic heterocycles. The molecule has 0 aromatic heterocycles. The summed E-state index contributed by atoms with van der Waals surface area (Å²) in [5.41, 5.74) is -0.142. The monoisotopic (exact) mass is 304 g/mol. The van der Waals surface area contributed by atoms with Gasteiger partial charge in [0.25, 0.3) is 0 Å². The van der Waals surface area contributed by atoms with Gasteiger partial charge in [-0.25, -0.2) is 0 Å². The molecule has 3 heterocycles. The van der Waals surface area contributed by atoms with Crippen molar-refractivity contribution in [1.29, 1.82) is 0 Å². The zero-order chi connectivity index (χ0) is 14.6. The molecule has 0 amide bonds. The van der Waals surface area contributed by atoms with Crippen LogP contribution >= 0.6 is 0 Å². The molecule has 1 N–H and O–H groups in total. The van der Waals surface area contributed by atoms with E-state index in [1.54, 1.807) is 0 Å². The van der Waals surface area contributed by atoms with Crippen molar-refractivity contribution in [1.82, 2.24) is 0 Å². The Labute approximate surface area is 132 Å². The molecule has 0 radical (unpaired) electrons. The van der Waals surface area contributed by atoms with Crippen molar-refractivity contribution in [3.63, 3.8) is 0 Å². The summed E-state index contributed by atoms with van der Waals surface area (Å²) in [4.78, 5) is 0. The van der Waals surface area contributed by atoms with Gasteiger partial charge in [-0.05, 0) is 57.3 Å². The average Bonchev–Trinajstić information content (AvgIpc) is 2.70. The van der Waals surface area contributed by atoms with Crippen LogP contribution in [0.15, 0.2) is 0 Å². The zero-order valence-corrected chi connectivity index (χ0v) is 13.5. The second-order valence-electron chi connectivity index (χ2n) is 9.24. The predicted molar refractivity (Wildman–Crippen MR) is 80.9 cm³/mol. The Morgan fingerprint density at radius 2 is 1.59 bits per heavy atom. The maximum Gasteiger partial charge on any atom is 0.180 e. The Bertz CT molecular complexity index is 535. The SMILES string of the molecule is O[C@@]12O[C@@]34CCCC[C@H]3C[C@@]13CC[C@@H]2C[C@@H]1CCCC[C@@]13O4. The molecule has 7 rings (SSSR count). The van der Waals surface area contributed by atoms with E-state index < -0.39 is 11.6 Å². The number of ether oxygens (including phenoxy) is 2. The quantitative estimate of drug-likeness (QED) is 0.741. The largest absolute Gasteiger partial charge is 0.365 e. The van der Waals surface area contributed by atoms with Crippen LogP contribution in [0.1, 0.15) is 77.0 Å². The maximum absolute atomic E-state index is 11.7. The Balaban J connectivity index is 1.58. The molecule has 3 heteroatoms. The van der Waals surface area contributed by atoms with Crippen molar-refractivity contribution in [2.24, 2.45) is 23.2 Å². The van der Waals surface area contributed by atoms with Gasteiger partial charge in [-0.3, -0.25) is 0 Å². The third kappa shape index (κ3) is 1.14. The molecule has 4 saturated carbocycles. The number of hydrogen-bond donors (Lipinski definition) is 1.